The van der Waals surface area contributed by atoms with Gasteiger partial charge in [0.15, 0.2) is 0 Å². The summed E-state index contributed by atoms with van der Waals surface area (Å²) in [6.45, 7) is 0. The SMILES string of the molecule is CS(=O)(=O)C1CCCC(Nc2ccc(Cl)cc2F)C1. The second-order valence-electron chi connectivity index (χ2n) is 5.08. The Bertz CT molecular complexity index is 562. The van der Waals surface area contributed by atoms with Gasteiger partial charge in [-0.3, -0.25) is 0 Å². The van der Waals surface area contributed by atoms with Gasteiger partial charge in [-0.05, 0) is 37.5 Å². The molecule has 1 saturated carbocycles. The lowest BCUT2D eigenvalue weighted by Gasteiger charge is -2.29. The predicted octanol–water partition coefficient (Wildman–Crippen LogP) is 3.25. The molecule has 1 N–H and O–H groups in total. The molecule has 3 nitrogen and oxygen atoms in total. The Labute approximate surface area is 118 Å². The standard InChI is InChI=1S/C13H17ClFNO2S/c1-19(17,18)11-4-2-3-10(8-11)16-13-6-5-9(14)7-12(13)15/h5-7,10-11,16H,2-4,8H2,1H3. The lowest BCUT2D eigenvalue weighted by atomic mass is 9.94. The lowest BCUT2D eigenvalue weighted by molar-refractivity contribution is 0.451. The largest absolute Gasteiger partial charge is 0.380 e. The fourth-order valence-corrected chi connectivity index (χ4v) is 3.83. The van der Waals surface area contributed by atoms with Gasteiger partial charge < -0.3 is 5.32 Å². The molecule has 19 heavy (non-hydrogen) atoms. The van der Waals surface area contributed by atoms with Crippen molar-refractivity contribution in [2.75, 3.05) is 11.6 Å². The average Bonchev–Trinajstić information content (AvgIpc) is 2.32. The highest BCUT2D eigenvalue weighted by molar-refractivity contribution is 7.91. The number of rotatable bonds is 3. The maximum atomic E-state index is 13.7. The van der Waals surface area contributed by atoms with E-state index in [0.29, 0.717) is 23.6 Å². The van der Waals surface area contributed by atoms with Gasteiger partial charge in [0, 0.05) is 17.3 Å². The summed E-state index contributed by atoms with van der Waals surface area (Å²) in [7, 11) is -3.02. The van der Waals surface area contributed by atoms with Crippen LogP contribution in [0.2, 0.25) is 5.02 Å². The molecule has 0 amide bonds. The van der Waals surface area contributed by atoms with E-state index in [2.05, 4.69) is 5.32 Å². The molecule has 0 saturated heterocycles. The Hall–Kier alpha value is -0.810. The number of hydrogen-bond donors (Lipinski definition) is 1. The van der Waals surface area contributed by atoms with E-state index in [1.165, 1.54) is 12.3 Å². The molecule has 1 fully saturated rings. The zero-order valence-corrected chi connectivity index (χ0v) is 12.3. The minimum atomic E-state index is -3.02. The van der Waals surface area contributed by atoms with Crippen molar-refractivity contribution in [3.63, 3.8) is 0 Å². The lowest BCUT2D eigenvalue weighted by Crippen LogP contribution is -2.34. The topological polar surface area (TPSA) is 46.2 Å². The summed E-state index contributed by atoms with van der Waals surface area (Å²) >= 11 is 5.70. The van der Waals surface area contributed by atoms with Gasteiger partial charge in [0.1, 0.15) is 15.7 Å². The molecule has 0 spiro atoms. The van der Waals surface area contributed by atoms with E-state index in [-0.39, 0.29) is 11.3 Å². The number of halogens is 2. The summed E-state index contributed by atoms with van der Waals surface area (Å²) in [6, 6.07) is 4.44. The molecule has 0 bridgehead atoms. The van der Waals surface area contributed by atoms with Crippen LogP contribution in [0.5, 0.6) is 0 Å². The van der Waals surface area contributed by atoms with E-state index in [4.69, 9.17) is 11.6 Å². The third-order valence-electron chi connectivity index (χ3n) is 3.52. The Balaban J connectivity index is 2.07. The summed E-state index contributed by atoms with van der Waals surface area (Å²) < 4.78 is 36.8. The third-order valence-corrected chi connectivity index (χ3v) is 5.40. The van der Waals surface area contributed by atoms with E-state index < -0.39 is 15.7 Å². The van der Waals surface area contributed by atoms with Crippen LogP contribution in [0.25, 0.3) is 0 Å². The highest BCUT2D eigenvalue weighted by Gasteiger charge is 2.29. The van der Waals surface area contributed by atoms with Crippen molar-refractivity contribution in [1.82, 2.24) is 0 Å². The van der Waals surface area contributed by atoms with Crippen molar-refractivity contribution < 1.29 is 12.8 Å². The van der Waals surface area contributed by atoms with E-state index in [0.717, 1.165) is 12.8 Å². The Morgan fingerprint density at radius 1 is 1.37 bits per heavy atom. The summed E-state index contributed by atoms with van der Waals surface area (Å²) in [5.41, 5.74) is 0.378. The zero-order valence-electron chi connectivity index (χ0n) is 10.7. The highest BCUT2D eigenvalue weighted by atomic mass is 35.5. The summed E-state index contributed by atoms with van der Waals surface area (Å²) in [5, 5.41) is 3.10. The quantitative estimate of drug-likeness (QED) is 0.932. The van der Waals surface area contributed by atoms with Crippen molar-refractivity contribution in [2.45, 2.75) is 37.0 Å². The fourth-order valence-electron chi connectivity index (χ4n) is 2.49. The molecule has 1 aliphatic carbocycles. The number of benzene rings is 1. The molecule has 2 unspecified atom stereocenters. The first-order valence-electron chi connectivity index (χ1n) is 6.26. The zero-order chi connectivity index (χ0) is 14.0. The molecule has 106 valence electrons. The maximum Gasteiger partial charge on any atom is 0.150 e. The first kappa shape index (κ1) is 14.6. The number of anilines is 1. The van der Waals surface area contributed by atoms with E-state index in [1.807, 2.05) is 0 Å². The molecule has 0 heterocycles. The van der Waals surface area contributed by atoms with Gasteiger partial charge in [-0.15, -0.1) is 0 Å². The Morgan fingerprint density at radius 2 is 2.11 bits per heavy atom. The van der Waals surface area contributed by atoms with Crippen LogP contribution < -0.4 is 5.32 Å². The van der Waals surface area contributed by atoms with Crippen molar-refractivity contribution >= 4 is 27.1 Å². The molecule has 0 aromatic heterocycles. The first-order chi connectivity index (χ1) is 8.86. The highest BCUT2D eigenvalue weighted by Crippen LogP contribution is 2.28. The number of hydrogen-bond acceptors (Lipinski definition) is 3. The van der Waals surface area contributed by atoms with Crippen molar-refractivity contribution in [1.29, 1.82) is 0 Å². The predicted molar refractivity (Wildman–Crippen MR) is 75.9 cm³/mol. The van der Waals surface area contributed by atoms with E-state index in [1.54, 1.807) is 12.1 Å². The van der Waals surface area contributed by atoms with E-state index >= 15 is 0 Å². The molecule has 0 aliphatic heterocycles. The Morgan fingerprint density at radius 3 is 2.74 bits per heavy atom. The number of sulfone groups is 1. The third kappa shape index (κ3) is 3.83. The van der Waals surface area contributed by atoms with Gasteiger partial charge in [0.2, 0.25) is 0 Å². The number of nitrogens with one attached hydrogen (secondary N) is 1. The van der Waals surface area contributed by atoms with Gasteiger partial charge in [0.25, 0.3) is 0 Å². The maximum absolute atomic E-state index is 13.7. The first-order valence-corrected chi connectivity index (χ1v) is 8.60. The van der Waals surface area contributed by atoms with Crippen LogP contribution in [0.1, 0.15) is 25.7 Å². The van der Waals surface area contributed by atoms with Crippen LogP contribution in [0.15, 0.2) is 18.2 Å². The second-order valence-corrected chi connectivity index (χ2v) is 7.85. The molecule has 1 aromatic carbocycles. The molecule has 0 radical (unpaired) electrons. The normalized spacial score (nSPS) is 24.2. The van der Waals surface area contributed by atoms with Gasteiger partial charge >= 0.3 is 0 Å². The van der Waals surface area contributed by atoms with Crippen LogP contribution in [0.3, 0.4) is 0 Å². The van der Waals surface area contributed by atoms with Crippen LogP contribution in [0.4, 0.5) is 10.1 Å². The van der Waals surface area contributed by atoms with Crippen LogP contribution >= 0.6 is 11.6 Å². The molecule has 2 atom stereocenters. The fraction of sp³-hybridized carbons (Fsp3) is 0.538. The summed E-state index contributed by atoms with van der Waals surface area (Å²) in [6.07, 6.45) is 4.18. The smallest absolute Gasteiger partial charge is 0.150 e. The minimum Gasteiger partial charge on any atom is -0.380 e. The van der Waals surface area contributed by atoms with Gasteiger partial charge in [-0.2, -0.15) is 0 Å². The van der Waals surface area contributed by atoms with Gasteiger partial charge in [-0.1, -0.05) is 18.0 Å². The van der Waals surface area contributed by atoms with Crippen molar-refractivity contribution in [3.05, 3.63) is 29.0 Å². The summed E-state index contributed by atoms with van der Waals surface area (Å²) in [4.78, 5) is 0. The molecule has 1 aromatic rings. The summed E-state index contributed by atoms with van der Waals surface area (Å²) in [5.74, 6) is -0.408. The van der Waals surface area contributed by atoms with Crippen LogP contribution in [-0.4, -0.2) is 26.0 Å². The van der Waals surface area contributed by atoms with Gasteiger partial charge in [0.05, 0.1) is 10.9 Å². The van der Waals surface area contributed by atoms with Crippen LogP contribution in [0, 0.1) is 5.82 Å². The van der Waals surface area contributed by atoms with E-state index in [9.17, 15) is 12.8 Å². The monoisotopic (exact) mass is 305 g/mol. The minimum absolute atomic E-state index is 0.0100. The Kier molecular flexibility index (Phi) is 4.36. The molecular weight excluding hydrogens is 289 g/mol. The second kappa shape index (κ2) is 5.67. The van der Waals surface area contributed by atoms with Crippen LogP contribution in [-0.2, 0) is 9.84 Å². The van der Waals surface area contributed by atoms with Crippen molar-refractivity contribution in [3.8, 4) is 0 Å². The molecular formula is C13H17ClFNO2S. The van der Waals surface area contributed by atoms with Gasteiger partial charge in [-0.25, -0.2) is 12.8 Å². The average molecular weight is 306 g/mol. The molecule has 1 aliphatic rings. The van der Waals surface area contributed by atoms with Crippen molar-refractivity contribution in [2.24, 2.45) is 0 Å². The molecule has 2 rings (SSSR count). The molecule has 6 heteroatoms.